The lowest BCUT2D eigenvalue weighted by molar-refractivity contribution is -0.144. The van der Waals surface area contributed by atoms with E-state index in [1.54, 1.807) is 6.08 Å². The second-order valence-electron chi connectivity index (χ2n) is 16.9. The van der Waals surface area contributed by atoms with Gasteiger partial charge in [0.05, 0.1) is 0 Å². The Bertz CT molecular complexity index is 1310. The number of carbonyl (C=O) groups excluding carboxylic acids is 4. The van der Waals surface area contributed by atoms with Crippen LogP contribution in [0.4, 0.5) is 0 Å². The van der Waals surface area contributed by atoms with Gasteiger partial charge in [-0.2, -0.15) is 0 Å². The molecule has 5 nitrogen and oxygen atoms in total. The Kier molecular flexibility index (Phi) is 6.97. The normalized spacial score (nSPS) is 51.6. The van der Waals surface area contributed by atoms with Crippen LogP contribution in [-0.4, -0.2) is 34.3 Å². The number of ketones is 4. The second-order valence-corrected chi connectivity index (χ2v) is 16.9. The Labute approximate surface area is 257 Å². The summed E-state index contributed by atoms with van der Waals surface area (Å²) in [6.45, 7) is 9.07. The van der Waals surface area contributed by atoms with Crippen LogP contribution in [0.3, 0.4) is 0 Å². The maximum atomic E-state index is 12.4. The van der Waals surface area contributed by atoms with Gasteiger partial charge in [0.2, 0.25) is 0 Å². The van der Waals surface area contributed by atoms with Gasteiger partial charge in [0, 0.05) is 36.0 Å². The molecule has 0 amide bonds. The summed E-state index contributed by atoms with van der Waals surface area (Å²) in [5, 5.41) is 10.4. The number of hydrogen-bond acceptors (Lipinski definition) is 5. The summed E-state index contributed by atoms with van der Waals surface area (Å²) in [4.78, 5) is 48.3. The zero-order valence-corrected chi connectivity index (χ0v) is 26.8. The third kappa shape index (κ3) is 4.18. The molecule has 0 radical (unpaired) electrons. The summed E-state index contributed by atoms with van der Waals surface area (Å²) >= 11 is 0. The van der Waals surface area contributed by atoms with Crippen LogP contribution in [0.15, 0.2) is 23.8 Å². The maximum absolute atomic E-state index is 12.4. The summed E-state index contributed by atoms with van der Waals surface area (Å²) in [6, 6.07) is 0. The van der Waals surface area contributed by atoms with Crippen LogP contribution in [0.25, 0.3) is 0 Å². The number of hydrogen-bond donors (Lipinski definition) is 1. The van der Waals surface area contributed by atoms with Crippen molar-refractivity contribution in [3.63, 3.8) is 0 Å². The number of aliphatic hydroxyl groups excluding tert-OH is 1. The molecule has 0 saturated heterocycles. The lowest BCUT2D eigenvalue weighted by Crippen LogP contribution is -2.55. The first-order valence-corrected chi connectivity index (χ1v) is 17.5. The van der Waals surface area contributed by atoms with Gasteiger partial charge >= 0.3 is 0 Å². The number of fused-ring (bicyclic) bond motifs is 10. The molecule has 0 bridgehead atoms. The third-order valence-corrected chi connectivity index (χ3v) is 15.5. The molecule has 8 rings (SSSR count). The first kappa shape index (κ1) is 29.8. The summed E-state index contributed by atoms with van der Waals surface area (Å²) < 4.78 is 0. The first-order chi connectivity index (χ1) is 20.3. The van der Waals surface area contributed by atoms with Crippen LogP contribution < -0.4 is 0 Å². The van der Waals surface area contributed by atoms with Crippen LogP contribution in [0.5, 0.6) is 0 Å². The molecule has 6 fully saturated rings. The molecular formula is C38H52O5. The largest absolute Gasteiger partial charge is 0.385 e. The molecule has 234 valence electrons. The summed E-state index contributed by atoms with van der Waals surface area (Å²) in [7, 11) is 0. The Balaban J connectivity index is 0.000000140. The minimum absolute atomic E-state index is 0.0246. The van der Waals surface area contributed by atoms with E-state index in [9.17, 15) is 24.3 Å². The number of Topliss-reactive ketones (excluding diaryl/α,β-unsaturated/α-hetero) is 2. The topological polar surface area (TPSA) is 88.5 Å². The van der Waals surface area contributed by atoms with Gasteiger partial charge in [-0.25, -0.2) is 0 Å². The molecule has 43 heavy (non-hydrogen) atoms. The average molecular weight is 589 g/mol. The average Bonchev–Trinajstić information content (AvgIpc) is 3.46. The van der Waals surface area contributed by atoms with Crippen molar-refractivity contribution in [1.29, 1.82) is 0 Å². The molecule has 12 atom stereocenters. The van der Waals surface area contributed by atoms with E-state index in [1.807, 2.05) is 6.08 Å². The zero-order valence-electron chi connectivity index (χ0n) is 26.8. The van der Waals surface area contributed by atoms with E-state index in [0.29, 0.717) is 52.9 Å². The van der Waals surface area contributed by atoms with Crippen LogP contribution in [0.1, 0.15) is 118 Å². The molecule has 0 spiro atoms. The van der Waals surface area contributed by atoms with Crippen LogP contribution in [-0.2, 0) is 19.2 Å². The summed E-state index contributed by atoms with van der Waals surface area (Å²) in [6.07, 6.45) is 18.9. The highest BCUT2D eigenvalue weighted by Crippen LogP contribution is 2.65. The van der Waals surface area contributed by atoms with Crippen molar-refractivity contribution >= 4 is 23.1 Å². The van der Waals surface area contributed by atoms with Crippen molar-refractivity contribution in [2.75, 3.05) is 0 Å². The van der Waals surface area contributed by atoms with Crippen molar-refractivity contribution in [1.82, 2.24) is 0 Å². The fraction of sp³-hybridized carbons (Fsp3) is 0.789. The van der Waals surface area contributed by atoms with Crippen LogP contribution >= 0.6 is 0 Å². The third-order valence-electron chi connectivity index (χ3n) is 15.5. The molecule has 5 heteroatoms. The van der Waals surface area contributed by atoms with E-state index in [0.717, 1.165) is 77.0 Å². The first-order valence-electron chi connectivity index (χ1n) is 17.5. The number of rotatable bonds is 0. The van der Waals surface area contributed by atoms with Gasteiger partial charge in [0.25, 0.3) is 0 Å². The predicted octanol–water partition coefficient (Wildman–Crippen LogP) is 7.00. The maximum Gasteiger partial charge on any atom is 0.184 e. The molecular weight excluding hydrogens is 536 g/mol. The van der Waals surface area contributed by atoms with Gasteiger partial charge in [-0.15, -0.1) is 0 Å². The van der Waals surface area contributed by atoms with E-state index in [-0.39, 0.29) is 33.4 Å². The van der Waals surface area contributed by atoms with Crippen molar-refractivity contribution in [2.45, 2.75) is 124 Å². The molecule has 0 aromatic rings. The standard InChI is InChI=1S/C19H26O3.C19H26O2/c1-18-10-8-15(20)17(22)14(18)4-3-11-12-5-6-16(21)19(12,2)9-7-13(11)18;1-18-9-7-13(20)11-12(18)3-4-14-15-5-6-17(21)19(15,2)10-8-16(14)18/h8,10-14,17,22H,3-7,9H2,1-2H3;11,14-16H,3-10H2,1-2H3/t11-,12-,13+,14?,17?,18+,19-;14-,15-,16+,18-,19-/m00/s1. The molecule has 2 unspecified atom stereocenters. The molecule has 0 aliphatic heterocycles. The van der Waals surface area contributed by atoms with E-state index in [2.05, 4.69) is 33.8 Å². The SMILES string of the molecule is C[C@]12C=CC(=O)C(O)C1CC[C@@H]1[C@H]2CC[C@]2(C)C(=O)CC[C@@H]12.C[C@]12CCC(=O)C=C1CC[C@@H]1[C@H]2CC[C@]2(C)C(=O)CC[C@@H]12. The highest BCUT2D eigenvalue weighted by molar-refractivity contribution is 5.95. The lowest BCUT2D eigenvalue weighted by Gasteiger charge is -2.58. The van der Waals surface area contributed by atoms with E-state index < -0.39 is 6.10 Å². The Morgan fingerprint density at radius 1 is 0.605 bits per heavy atom. The second kappa shape index (κ2) is 10.1. The van der Waals surface area contributed by atoms with E-state index in [1.165, 1.54) is 18.4 Å². The molecule has 8 aliphatic carbocycles. The Morgan fingerprint density at radius 3 is 1.84 bits per heavy atom. The van der Waals surface area contributed by atoms with Crippen molar-refractivity contribution in [2.24, 2.45) is 63.1 Å². The zero-order chi connectivity index (χ0) is 30.5. The minimum Gasteiger partial charge on any atom is -0.385 e. The summed E-state index contributed by atoms with van der Waals surface area (Å²) in [5.74, 6) is 4.89. The monoisotopic (exact) mass is 588 g/mol. The molecule has 0 aromatic carbocycles. The molecule has 8 aliphatic rings. The van der Waals surface area contributed by atoms with Gasteiger partial charge in [-0.1, -0.05) is 39.3 Å². The Hall–Kier alpha value is -1.88. The Morgan fingerprint density at radius 2 is 1.19 bits per heavy atom. The highest BCUT2D eigenvalue weighted by Gasteiger charge is 2.61. The van der Waals surface area contributed by atoms with Gasteiger partial charge in [0.15, 0.2) is 11.6 Å². The van der Waals surface area contributed by atoms with E-state index in [4.69, 9.17) is 0 Å². The fourth-order valence-electron chi connectivity index (χ4n) is 12.8. The van der Waals surface area contributed by atoms with Crippen LogP contribution in [0, 0.1) is 63.1 Å². The fourth-order valence-corrected chi connectivity index (χ4v) is 12.8. The predicted molar refractivity (Wildman–Crippen MR) is 165 cm³/mol. The van der Waals surface area contributed by atoms with Crippen molar-refractivity contribution in [3.05, 3.63) is 23.8 Å². The van der Waals surface area contributed by atoms with Gasteiger partial charge in [-0.05, 0) is 129 Å². The van der Waals surface area contributed by atoms with Crippen LogP contribution in [0.2, 0.25) is 0 Å². The lowest BCUT2D eigenvalue weighted by atomic mass is 9.46. The minimum atomic E-state index is -0.825. The molecule has 0 aromatic heterocycles. The number of aliphatic hydroxyl groups is 1. The van der Waals surface area contributed by atoms with E-state index >= 15 is 0 Å². The highest BCUT2D eigenvalue weighted by atomic mass is 16.3. The molecule has 1 N–H and O–H groups in total. The van der Waals surface area contributed by atoms with Gasteiger partial charge in [-0.3, -0.25) is 19.2 Å². The summed E-state index contributed by atoms with van der Waals surface area (Å²) in [5.41, 5.74) is 1.46. The van der Waals surface area contributed by atoms with Gasteiger partial charge < -0.3 is 5.11 Å². The van der Waals surface area contributed by atoms with Gasteiger partial charge in [0.1, 0.15) is 17.7 Å². The quantitative estimate of drug-likeness (QED) is 0.329. The number of carbonyl (C=O) groups is 4. The molecule has 0 heterocycles. The molecule has 6 saturated carbocycles. The van der Waals surface area contributed by atoms with Crippen molar-refractivity contribution < 1.29 is 24.3 Å². The number of allylic oxidation sites excluding steroid dienone is 2. The van der Waals surface area contributed by atoms with Crippen molar-refractivity contribution in [3.8, 4) is 0 Å². The smallest absolute Gasteiger partial charge is 0.184 e.